The number of pyridine rings is 1. The number of imidazole rings is 1. The van der Waals surface area contributed by atoms with Crippen LogP contribution in [-0.2, 0) is 16.0 Å². The quantitative estimate of drug-likeness (QED) is 0.582. The van der Waals surface area contributed by atoms with Gasteiger partial charge >= 0.3 is 0 Å². The molecule has 2 saturated heterocycles. The normalized spacial score (nSPS) is 20.4. The lowest BCUT2D eigenvalue weighted by atomic mass is 9.74. The molecule has 9 heteroatoms. The van der Waals surface area contributed by atoms with Crippen LogP contribution in [0.15, 0.2) is 30.5 Å². The number of likely N-dealkylation sites (N-methyl/N-ethyl adjacent to an activating group) is 1. The Kier molecular flexibility index (Phi) is 6.18. The molecule has 5 rings (SSSR count). The number of anilines is 1. The van der Waals surface area contributed by atoms with Crippen molar-refractivity contribution in [1.29, 1.82) is 0 Å². The summed E-state index contributed by atoms with van der Waals surface area (Å²) in [6.45, 7) is 3.80. The Balaban J connectivity index is 1.31. The molecule has 0 saturated carbocycles. The third-order valence-electron chi connectivity index (χ3n) is 6.81. The van der Waals surface area contributed by atoms with E-state index in [9.17, 15) is 4.39 Å². The highest BCUT2D eigenvalue weighted by molar-refractivity contribution is 5.78. The number of nitrogens with one attached hydrogen (secondary N) is 2. The van der Waals surface area contributed by atoms with Gasteiger partial charge in [-0.1, -0.05) is 0 Å². The zero-order chi connectivity index (χ0) is 22.8. The number of hydrogen-bond donors (Lipinski definition) is 2. The summed E-state index contributed by atoms with van der Waals surface area (Å²) in [6, 6.07) is 6.80. The first-order valence-electron chi connectivity index (χ1n) is 11.4. The third kappa shape index (κ3) is 4.66. The second-order valence-electron chi connectivity index (χ2n) is 9.09. The van der Waals surface area contributed by atoms with Crippen molar-refractivity contribution >= 4 is 16.9 Å². The molecule has 2 fully saturated rings. The number of fused-ring (bicyclic) bond motifs is 1. The number of halogens is 1. The minimum atomic E-state index is -0.439. The Morgan fingerprint density at radius 1 is 1.24 bits per heavy atom. The van der Waals surface area contributed by atoms with Crippen LogP contribution in [0, 0.1) is 11.2 Å². The summed E-state index contributed by atoms with van der Waals surface area (Å²) in [5, 5.41) is 2.91. The Morgan fingerprint density at radius 2 is 2.09 bits per heavy atom. The zero-order valence-corrected chi connectivity index (χ0v) is 19.1. The number of rotatable bonds is 6. The van der Waals surface area contributed by atoms with E-state index in [0.29, 0.717) is 41.8 Å². The molecule has 2 N–H and O–H groups in total. The van der Waals surface area contributed by atoms with Crippen molar-refractivity contribution in [3.8, 4) is 11.5 Å². The lowest BCUT2D eigenvalue weighted by Crippen LogP contribution is -2.48. The van der Waals surface area contributed by atoms with E-state index in [0.717, 1.165) is 44.9 Å². The van der Waals surface area contributed by atoms with E-state index in [1.54, 1.807) is 31.4 Å². The second kappa shape index (κ2) is 9.24. The van der Waals surface area contributed by atoms with Gasteiger partial charge in [-0.3, -0.25) is 4.90 Å². The Hall–Kier alpha value is -2.75. The molecule has 176 valence electrons. The van der Waals surface area contributed by atoms with Gasteiger partial charge in [-0.15, -0.1) is 0 Å². The van der Waals surface area contributed by atoms with Gasteiger partial charge in [0.1, 0.15) is 11.3 Å². The van der Waals surface area contributed by atoms with Crippen LogP contribution < -0.4 is 10.1 Å². The number of H-pyrrole nitrogens is 1. The molecule has 4 heterocycles. The van der Waals surface area contributed by atoms with E-state index >= 15 is 0 Å². The highest BCUT2D eigenvalue weighted by Gasteiger charge is 2.39. The van der Waals surface area contributed by atoms with Crippen LogP contribution in [0.4, 0.5) is 10.1 Å². The van der Waals surface area contributed by atoms with E-state index < -0.39 is 5.82 Å². The molecule has 3 aromatic rings. The second-order valence-corrected chi connectivity index (χ2v) is 9.09. The number of aromatic nitrogens is 3. The summed E-state index contributed by atoms with van der Waals surface area (Å²) in [4.78, 5) is 14.6. The molecule has 1 unspecified atom stereocenters. The van der Waals surface area contributed by atoms with Crippen molar-refractivity contribution in [1.82, 2.24) is 19.9 Å². The molecule has 0 radical (unpaired) electrons. The lowest BCUT2D eigenvalue weighted by molar-refractivity contribution is -0.102. The maximum Gasteiger partial charge on any atom is 0.181 e. The first-order valence-corrected chi connectivity index (χ1v) is 11.4. The van der Waals surface area contributed by atoms with Gasteiger partial charge < -0.3 is 24.5 Å². The monoisotopic (exact) mass is 455 g/mol. The van der Waals surface area contributed by atoms with Gasteiger partial charge in [0, 0.05) is 50.3 Å². The zero-order valence-electron chi connectivity index (χ0n) is 19.1. The van der Waals surface area contributed by atoms with Gasteiger partial charge in [0.05, 0.1) is 19.8 Å². The first kappa shape index (κ1) is 22.1. The summed E-state index contributed by atoms with van der Waals surface area (Å²) in [7, 11) is 3.84. The fraction of sp³-hybridized carbons (Fsp3) is 0.500. The predicted octanol–water partition coefficient (Wildman–Crippen LogP) is 3.95. The Morgan fingerprint density at radius 3 is 2.88 bits per heavy atom. The van der Waals surface area contributed by atoms with Crippen molar-refractivity contribution in [3.05, 3.63) is 42.1 Å². The topological polar surface area (TPSA) is 84.5 Å². The van der Waals surface area contributed by atoms with Crippen LogP contribution >= 0.6 is 0 Å². The number of benzene rings is 1. The number of aromatic amines is 1. The molecule has 1 aromatic carbocycles. The molecule has 2 aliphatic heterocycles. The molecule has 2 aliphatic rings. The van der Waals surface area contributed by atoms with Crippen molar-refractivity contribution < 1.29 is 18.6 Å². The van der Waals surface area contributed by atoms with Crippen LogP contribution in [0.2, 0.25) is 0 Å². The minimum Gasteiger partial charge on any atom is -0.452 e. The van der Waals surface area contributed by atoms with E-state index in [4.69, 9.17) is 14.2 Å². The fourth-order valence-corrected chi connectivity index (χ4v) is 4.78. The van der Waals surface area contributed by atoms with Crippen LogP contribution in [0.3, 0.4) is 0 Å². The highest BCUT2D eigenvalue weighted by atomic mass is 19.1. The van der Waals surface area contributed by atoms with Gasteiger partial charge in [0.2, 0.25) is 0 Å². The SMILES string of the molecule is CNc1ccc(Oc2ccnc3nc(CN(C)C4COCC5(CCOCC5)C4)[nH]c23)c(F)c1. The maximum atomic E-state index is 14.4. The predicted molar refractivity (Wildman–Crippen MR) is 123 cm³/mol. The highest BCUT2D eigenvalue weighted by Crippen LogP contribution is 2.39. The van der Waals surface area contributed by atoms with Crippen molar-refractivity contribution in [3.63, 3.8) is 0 Å². The molecule has 0 bridgehead atoms. The fourth-order valence-electron chi connectivity index (χ4n) is 4.78. The van der Waals surface area contributed by atoms with Crippen molar-refractivity contribution in [2.75, 3.05) is 45.8 Å². The molecule has 33 heavy (non-hydrogen) atoms. The molecular formula is C24H30FN5O3. The van der Waals surface area contributed by atoms with E-state index in [1.165, 1.54) is 6.07 Å². The van der Waals surface area contributed by atoms with Gasteiger partial charge in [-0.2, -0.15) is 0 Å². The van der Waals surface area contributed by atoms with Crippen LogP contribution in [0.1, 0.15) is 25.1 Å². The Labute approximate surface area is 192 Å². The summed E-state index contributed by atoms with van der Waals surface area (Å²) in [5.41, 5.74) is 2.10. The average Bonchev–Trinajstić information content (AvgIpc) is 3.24. The number of ether oxygens (including phenoxy) is 3. The van der Waals surface area contributed by atoms with Crippen LogP contribution in [-0.4, -0.2) is 66.4 Å². The third-order valence-corrected chi connectivity index (χ3v) is 6.81. The molecule has 2 aromatic heterocycles. The van der Waals surface area contributed by atoms with E-state index in [2.05, 4.69) is 32.2 Å². The lowest BCUT2D eigenvalue weighted by Gasteiger charge is -2.45. The number of hydrogen-bond acceptors (Lipinski definition) is 7. The molecule has 1 spiro atoms. The standard InChI is InChI=1S/C24H30FN5O3/c1-26-16-3-4-19(18(25)11-16)33-20-5-8-27-23-22(20)28-21(29-23)13-30(2)17-12-24(15-32-14-17)6-9-31-10-7-24/h3-5,8,11,17,26H,6-7,9-10,12-15H2,1-2H3,(H,27,28,29). The minimum absolute atomic E-state index is 0.149. The smallest absolute Gasteiger partial charge is 0.181 e. The summed E-state index contributed by atoms with van der Waals surface area (Å²) >= 11 is 0. The van der Waals surface area contributed by atoms with Gasteiger partial charge in [-0.25, -0.2) is 14.4 Å². The van der Waals surface area contributed by atoms with Crippen molar-refractivity contribution in [2.24, 2.45) is 5.41 Å². The first-order chi connectivity index (χ1) is 16.0. The van der Waals surface area contributed by atoms with Gasteiger partial charge in [0.25, 0.3) is 0 Å². The summed E-state index contributed by atoms with van der Waals surface area (Å²) in [6.07, 6.45) is 4.83. The molecule has 1 atom stereocenters. The average molecular weight is 456 g/mol. The van der Waals surface area contributed by atoms with Gasteiger partial charge in [0.15, 0.2) is 23.0 Å². The summed E-state index contributed by atoms with van der Waals surface area (Å²) < 4.78 is 31.9. The van der Waals surface area contributed by atoms with Crippen molar-refractivity contribution in [2.45, 2.75) is 31.8 Å². The maximum absolute atomic E-state index is 14.4. The number of nitrogens with zero attached hydrogens (tertiary/aromatic N) is 3. The molecule has 0 amide bonds. The molecule has 8 nitrogen and oxygen atoms in total. The molecule has 0 aliphatic carbocycles. The van der Waals surface area contributed by atoms with E-state index in [-0.39, 0.29) is 11.2 Å². The van der Waals surface area contributed by atoms with Crippen LogP contribution in [0.25, 0.3) is 11.2 Å². The molecular weight excluding hydrogens is 425 g/mol. The van der Waals surface area contributed by atoms with Crippen LogP contribution in [0.5, 0.6) is 11.5 Å². The largest absolute Gasteiger partial charge is 0.452 e. The van der Waals surface area contributed by atoms with Gasteiger partial charge in [-0.05, 0) is 43.9 Å². The van der Waals surface area contributed by atoms with E-state index in [1.807, 2.05) is 0 Å². The Bertz CT molecular complexity index is 1110. The summed E-state index contributed by atoms with van der Waals surface area (Å²) in [5.74, 6) is 0.981.